The molecule has 0 aliphatic rings. The molecule has 0 aliphatic carbocycles. The molecule has 220 valence electrons. The van der Waals surface area contributed by atoms with E-state index in [0.717, 1.165) is 9.87 Å². The van der Waals surface area contributed by atoms with Crippen molar-refractivity contribution in [2.75, 3.05) is 24.5 Å². The third-order valence-electron chi connectivity index (χ3n) is 6.40. The monoisotopic (exact) mass is 639 g/mol. The molecule has 0 saturated heterocycles. The van der Waals surface area contributed by atoms with Crippen LogP contribution in [-0.4, -0.2) is 51.4 Å². The minimum absolute atomic E-state index is 0.00842. The summed E-state index contributed by atoms with van der Waals surface area (Å²) in [5, 5.41) is 3.65. The molecule has 0 saturated carbocycles. The van der Waals surface area contributed by atoms with Gasteiger partial charge in [-0.25, -0.2) is 8.42 Å². The zero-order valence-electron chi connectivity index (χ0n) is 23.2. The number of ether oxygens (including phenoxy) is 1. The second kappa shape index (κ2) is 14.3. The van der Waals surface area contributed by atoms with Crippen molar-refractivity contribution in [1.29, 1.82) is 0 Å². The number of nitrogens with zero attached hydrogens (tertiary/aromatic N) is 2. The number of rotatable bonds is 12. The zero-order chi connectivity index (χ0) is 30.3. The highest BCUT2D eigenvalue weighted by atomic mass is 35.5. The lowest BCUT2D eigenvalue weighted by atomic mass is 10.1. The van der Waals surface area contributed by atoms with Crippen LogP contribution in [0.4, 0.5) is 5.69 Å². The van der Waals surface area contributed by atoms with Gasteiger partial charge in [0.25, 0.3) is 10.0 Å². The Morgan fingerprint density at radius 3 is 2.20 bits per heavy atom. The summed E-state index contributed by atoms with van der Waals surface area (Å²) in [4.78, 5) is 28.4. The highest BCUT2D eigenvalue weighted by Crippen LogP contribution is 2.32. The van der Waals surface area contributed by atoms with Crippen molar-refractivity contribution in [2.45, 2.75) is 44.7 Å². The van der Waals surface area contributed by atoms with Gasteiger partial charge < -0.3 is 15.0 Å². The number of sulfonamides is 1. The van der Waals surface area contributed by atoms with Crippen LogP contribution in [0.25, 0.3) is 0 Å². The molecule has 8 nitrogen and oxygen atoms in total. The number of halogens is 3. The molecule has 12 heteroatoms. The zero-order valence-corrected chi connectivity index (χ0v) is 26.2. The molecule has 1 unspecified atom stereocenters. The molecule has 1 atom stereocenters. The Kier molecular flexibility index (Phi) is 11.3. The van der Waals surface area contributed by atoms with E-state index in [-0.39, 0.29) is 34.5 Å². The van der Waals surface area contributed by atoms with E-state index in [1.807, 2.05) is 6.92 Å². The Morgan fingerprint density at radius 1 is 0.951 bits per heavy atom. The Morgan fingerprint density at radius 2 is 1.63 bits per heavy atom. The van der Waals surface area contributed by atoms with Gasteiger partial charge in [0.15, 0.2) is 0 Å². The second-order valence-electron chi connectivity index (χ2n) is 9.22. The third kappa shape index (κ3) is 7.86. The summed E-state index contributed by atoms with van der Waals surface area (Å²) < 4.78 is 34.1. The number of benzene rings is 3. The van der Waals surface area contributed by atoms with Crippen molar-refractivity contribution in [3.8, 4) is 5.75 Å². The lowest BCUT2D eigenvalue weighted by molar-refractivity contribution is -0.140. The molecule has 3 rings (SSSR count). The normalized spacial score (nSPS) is 12.0. The summed E-state index contributed by atoms with van der Waals surface area (Å²) >= 11 is 18.8. The molecule has 0 heterocycles. The summed E-state index contributed by atoms with van der Waals surface area (Å²) in [6.07, 6.45) is 0.280. The van der Waals surface area contributed by atoms with E-state index in [4.69, 9.17) is 39.5 Å². The quantitative estimate of drug-likeness (QED) is 0.258. The number of carbonyl (C=O) groups is 2. The van der Waals surface area contributed by atoms with Crippen LogP contribution in [0, 0.1) is 6.92 Å². The topological polar surface area (TPSA) is 96.0 Å². The van der Waals surface area contributed by atoms with Gasteiger partial charge in [0, 0.05) is 23.1 Å². The molecule has 0 bridgehead atoms. The van der Waals surface area contributed by atoms with E-state index in [1.165, 1.54) is 42.3 Å². The maximum Gasteiger partial charge on any atom is 0.264 e. The Hall–Kier alpha value is -2.98. The summed E-state index contributed by atoms with van der Waals surface area (Å²) in [6.45, 7) is 5.08. The van der Waals surface area contributed by atoms with Crippen molar-refractivity contribution in [2.24, 2.45) is 0 Å². The number of hydrogen-bond acceptors (Lipinski definition) is 5. The molecule has 0 aliphatic heterocycles. The molecule has 41 heavy (non-hydrogen) atoms. The summed E-state index contributed by atoms with van der Waals surface area (Å²) in [7, 11) is -2.80. The average Bonchev–Trinajstić information content (AvgIpc) is 2.93. The third-order valence-corrected chi connectivity index (χ3v) is 9.07. The molecule has 3 aromatic rings. The molecule has 0 aromatic heterocycles. The standard InChI is InChI=1S/C29H32Cl3N3O5S/c1-5-26(29(37)33-6-2)34(17-20-9-10-21(30)15-24(20)31)28(36)18-35(22-11-14-27(40-4)25(32)16-22)41(38,39)23-12-7-19(3)8-13-23/h7-16,26H,5-6,17-18H2,1-4H3,(H,33,37). The van der Waals surface area contributed by atoms with Gasteiger partial charge in [0.1, 0.15) is 18.3 Å². The smallest absolute Gasteiger partial charge is 0.264 e. The number of amides is 2. The van der Waals surface area contributed by atoms with E-state index < -0.39 is 28.5 Å². The van der Waals surface area contributed by atoms with Crippen LogP contribution in [0.3, 0.4) is 0 Å². The van der Waals surface area contributed by atoms with Crippen LogP contribution in [0.2, 0.25) is 15.1 Å². The predicted octanol–water partition coefficient (Wildman–Crippen LogP) is 6.10. The van der Waals surface area contributed by atoms with Gasteiger partial charge in [-0.05, 0) is 68.3 Å². The number of carbonyl (C=O) groups excluding carboxylic acids is 2. The number of likely N-dealkylation sites (N-methyl/N-ethyl adjacent to an activating group) is 1. The van der Waals surface area contributed by atoms with E-state index in [0.29, 0.717) is 27.9 Å². The number of anilines is 1. The van der Waals surface area contributed by atoms with Crippen molar-refractivity contribution in [3.05, 3.63) is 86.9 Å². The summed E-state index contributed by atoms with van der Waals surface area (Å²) in [5.41, 5.74) is 1.57. The van der Waals surface area contributed by atoms with Crippen LogP contribution in [0.1, 0.15) is 31.4 Å². The number of methoxy groups -OCH3 is 1. The lowest BCUT2D eigenvalue weighted by Crippen LogP contribution is -2.52. The second-order valence-corrected chi connectivity index (χ2v) is 12.3. The fraction of sp³-hybridized carbons (Fsp3) is 0.310. The van der Waals surface area contributed by atoms with Crippen molar-refractivity contribution >= 4 is 62.3 Å². The van der Waals surface area contributed by atoms with E-state index >= 15 is 0 Å². The maximum atomic E-state index is 14.1. The van der Waals surface area contributed by atoms with Gasteiger partial charge in [-0.15, -0.1) is 0 Å². The maximum absolute atomic E-state index is 14.1. The van der Waals surface area contributed by atoms with E-state index in [2.05, 4.69) is 5.32 Å². The van der Waals surface area contributed by atoms with Gasteiger partial charge in [-0.2, -0.15) is 0 Å². The number of aryl methyl sites for hydroxylation is 1. The predicted molar refractivity (Wildman–Crippen MR) is 163 cm³/mol. The summed E-state index contributed by atoms with van der Waals surface area (Å²) in [5.74, 6) is -0.638. The van der Waals surface area contributed by atoms with Crippen molar-refractivity contribution in [1.82, 2.24) is 10.2 Å². The Bertz CT molecular complexity index is 1500. The van der Waals surface area contributed by atoms with Crippen LogP contribution in [0.5, 0.6) is 5.75 Å². The highest BCUT2D eigenvalue weighted by molar-refractivity contribution is 7.92. The van der Waals surface area contributed by atoms with Crippen LogP contribution in [-0.2, 0) is 26.2 Å². The number of nitrogens with one attached hydrogen (secondary N) is 1. The Balaban J connectivity index is 2.11. The van der Waals surface area contributed by atoms with Gasteiger partial charge >= 0.3 is 0 Å². The first-order chi connectivity index (χ1) is 19.4. The highest BCUT2D eigenvalue weighted by Gasteiger charge is 2.34. The Labute approximate surface area is 256 Å². The minimum Gasteiger partial charge on any atom is -0.495 e. The largest absolute Gasteiger partial charge is 0.495 e. The fourth-order valence-corrected chi connectivity index (χ4v) is 6.35. The molecular weight excluding hydrogens is 609 g/mol. The van der Waals surface area contributed by atoms with Gasteiger partial charge in [-0.3, -0.25) is 13.9 Å². The van der Waals surface area contributed by atoms with Gasteiger partial charge in [0.05, 0.1) is 22.7 Å². The van der Waals surface area contributed by atoms with Crippen molar-refractivity contribution in [3.63, 3.8) is 0 Å². The first-order valence-electron chi connectivity index (χ1n) is 12.9. The minimum atomic E-state index is -4.24. The molecule has 3 aromatic carbocycles. The van der Waals surface area contributed by atoms with Crippen LogP contribution in [0.15, 0.2) is 65.6 Å². The van der Waals surface area contributed by atoms with Crippen LogP contribution < -0.4 is 14.4 Å². The molecule has 1 N–H and O–H groups in total. The lowest BCUT2D eigenvalue weighted by Gasteiger charge is -2.33. The number of hydrogen-bond donors (Lipinski definition) is 1. The SMILES string of the molecule is CCNC(=O)C(CC)N(Cc1ccc(Cl)cc1Cl)C(=O)CN(c1ccc(OC)c(Cl)c1)S(=O)(=O)c1ccc(C)cc1. The molecular formula is C29H32Cl3N3O5S. The van der Waals surface area contributed by atoms with E-state index in [1.54, 1.807) is 44.2 Å². The van der Waals surface area contributed by atoms with Gasteiger partial charge in [-0.1, -0.05) is 65.5 Å². The first kappa shape index (κ1) is 32.5. The van der Waals surface area contributed by atoms with E-state index in [9.17, 15) is 18.0 Å². The van der Waals surface area contributed by atoms with Crippen LogP contribution >= 0.6 is 34.8 Å². The first-order valence-corrected chi connectivity index (χ1v) is 15.4. The molecule has 0 fully saturated rings. The molecule has 0 spiro atoms. The molecule has 0 radical (unpaired) electrons. The summed E-state index contributed by atoms with van der Waals surface area (Å²) in [6, 6.07) is 14.7. The fourth-order valence-electron chi connectivity index (χ4n) is 4.22. The average molecular weight is 641 g/mol. The van der Waals surface area contributed by atoms with Gasteiger partial charge in [0.2, 0.25) is 11.8 Å². The van der Waals surface area contributed by atoms with Crippen molar-refractivity contribution < 1.29 is 22.7 Å². The molecule has 2 amide bonds.